The van der Waals surface area contributed by atoms with E-state index in [0.29, 0.717) is 10.7 Å². The highest BCUT2D eigenvalue weighted by molar-refractivity contribution is 6.30. The van der Waals surface area contributed by atoms with Gasteiger partial charge in [-0.3, -0.25) is 14.4 Å². The number of benzene rings is 3. The lowest BCUT2D eigenvalue weighted by Gasteiger charge is -2.36. The topological polar surface area (TPSA) is 69.7 Å². The van der Waals surface area contributed by atoms with E-state index in [2.05, 4.69) is 5.32 Å². The van der Waals surface area contributed by atoms with Crippen molar-refractivity contribution in [3.8, 4) is 0 Å². The third-order valence-corrected chi connectivity index (χ3v) is 7.11. The Labute approximate surface area is 205 Å². The molecule has 0 spiro atoms. The molecule has 3 aromatic rings. The molecule has 1 N–H and O–H groups in total. The van der Waals surface area contributed by atoms with Crippen LogP contribution in [0, 0.1) is 17.7 Å². The lowest BCUT2D eigenvalue weighted by atomic mass is 9.88. The lowest BCUT2D eigenvalue weighted by Crippen LogP contribution is -2.50. The zero-order chi connectivity index (χ0) is 24.3. The van der Waals surface area contributed by atoms with Gasteiger partial charge in [-0.05, 0) is 54.1 Å². The van der Waals surface area contributed by atoms with Crippen molar-refractivity contribution in [1.82, 2.24) is 0 Å². The molecule has 3 aliphatic rings. The van der Waals surface area contributed by atoms with E-state index in [4.69, 9.17) is 11.6 Å². The fraction of sp³-hybridized carbons (Fsp3) is 0.148. The van der Waals surface area contributed by atoms with Crippen LogP contribution in [0.3, 0.4) is 0 Å². The molecule has 8 heteroatoms. The summed E-state index contributed by atoms with van der Waals surface area (Å²) in [5, 5.41) is 3.41. The van der Waals surface area contributed by atoms with Crippen molar-refractivity contribution in [2.75, 3.05) is 15.1 Å². The quantitative estimate of drug-likeness (QED) is 0.552. The second-order valence-electron chi connectivity index (χ2n) is 8.80. The average Bonchev–Trinajstić information content (AvgIpc) is 3.33. The van der Waals surface area contributed by atoms with Crippen LogP contribution in [-0.4, -0.2) is 29.8 Å². The second kappa shape index (κ2) is 8.06. The normalized spacial score (nSPS) is 24.3. The SMILES string of the molecule is O=C(Nc1ccc(Cl)cc1)[C@@H]1[C@@H]2C(=O)N(c3cccc(F)c3)C(=O)[C@H]2[C@H]2C=Cc3ccccc3N21. The van der Waals surface area contributed by atoms with Crippen LogP contribution < -0.4 is 15.1 Å². The largest absolute Gasteiger partial charge is 0.351 e. The molecule has 6 nitrogen and oxygen atoms in total. The summed E-state index contributed by atoms with van der Waals surface area (Å²) in [5.41, 5.74) is 2.37. The predicted molar refractivity (Wildman–Crippen MR) is 131 cm³/mol. The monoisotopic (exact) mass is 487 g/mol. The molecule has 4 atom stereocenters. The van der Waals surface area contributed by atoms with Gasteiger partial charge in [-0.2, -0.15) is 0 Å². The number of amides is 3. The zero-order valence-corrected chi connectivity index (χ0v) is 19.0. The molecule has 2 fully saturated rings. The Bertz CT molecular complexity index is 1410. The number of anilines is 3. The number of halogens is 2. The molecular weight excluding hydrogens is 469 g/mol. The van der Waals surface area contributed by atoms with E-state index in [1.807, 2.05) is 41.3 Å². The van der Waals surface area contributed by atoms with Crippen molar-refractivity contribution in [3.05, 3.63) is 95.3 Å². The van der Waals surface area contributed by atoms with Gasteiger partial charge in [-0.1, -0.05) is 48.0 Å². The van der Waals surface area contributed by atoms with E-state index in [-0.39, 0.29) is 5.69 Å². The maximum Gasteiger partial charge on any atom is 0.247 e. The van der Waals surface area contributed by atoms with Gasteiger partial charge in [0, 0.05) is 16.4 Å². The van der Waals surface area contributed by atoms with Crippen molar-refractivity contribution in [1.29, 1.82) is 0 Å². The van der Waals surface area contributed by atoms with Gasteiger partial charge in [0.15, 0.2) is 0 Å². The Kier molecular flexibility index (Phi) is 4.96. The number of nitrogens with zero attached hydrogens (tertiary/aromatic N) is 2. The maximum atomic E-state index is 13.9. The minimum absolute atomic E-state index is 0.165. The van der Waals surface area contributed by atoms with Gasteiger partial charge in [-0.15, -0.1) is 0 Å². The molecule has 0 bridgehead atoms. The van der Waals surface area contributed by atoms with Crippen LogP contribution in [0.2, 0.25) is 5.02 Å². The van der Waals surface area contributed by atoms with Crippen LogP contribution in [0.15, 0.2) is 78.9 Å². The number of carbonyl (C=O) groups excluding carboxylic acids is 3. The molecule has 0 aromatic heterocycles. The highest BCUT2D eigenvalue weighted by atomic mass is 35.5. The van der Waals surface area contributed by atoms with Crippen LogP contribution >= 0.6 is 11.6 Å². The molecule has 3 amide bonds. The third kappa shape index (κ3) is 3.34. The first kappa shape index (κ1) is 21.6. The lowest BCUT2D eigenvalue weighted by molar-refractivity contribution is -0.126. The van der Waals surface area contributed by atoms with Crippen LogP contribution in [0.4, 0.5) is 21.5 Å². The average molecular weight is 488 g/mol. The molecule has 0 saturated carbocycles. The molecule has 0 radical (unpaired) electrons. The number of nitrogens with one attached hydrogen (secondary N) is 1. The molecule has 2 saturated heterocycles. The highest BCUT2D eigenvalue weighted by Gasteiger charge is 2.64. The summed E-state index contributed by atoms with van der Waals surface area (Å²) in [4.78, 5) is 43.9. The number of hydrogen-bond donors (Lipinski definition) is 1. The summed E-state index contributed by atoms with van der Waals surface area (Å²) in [6, 6.07) is 18.2. The predicted octanol–water partition coefficient (Wildman–Crippen LogP) is 4.51. The first-order chi connectivity index (χ1) is 16.9. The first-order valence-electron chi connectivity index (χ1n) is 11.2. The van der Waals surface area contributed by atoms with Crippen molar-refractivity contribution < 1.29 is 18.8 Å². The standard InChI is InChI=1S/C27H19ClFN3O3/c28-16-9-11-18(12-10-16)30-25(33)24-23-22(21-13-8-15-4-1-2-7-20(15)32(21)24)26(34)31(27(23)35)19-6-3-5-17(29)14-19/h1-14,21-24H,(H,30,33)/t21-,22+,23-,24+/m1/s1. The fourth-order valence-electron chi connectivity index (χ4n) is 5.43. The summed E-state index contributed by atoms with van der Waals surface area (Å²) >= 11 is 5.97. The summed E-state index contributed by atoms with van der Waals surface area (Å²) < 4.78 is 13.9. The minimum Gasteiger partial charge on any atom is -0.351 e. The molecule has 0 aliphatic carbocycles. The fourth-order valence-corrected chi connectivity index (χ4v) is 5.56. The molecular formula is C27H19ClFN3O3. The number of carbonyl (C=O) groups is 3. The van der Waals surface area contributed by atoms with E-state index >= 15 is 0 Å². The van der Waals surface area contributed by atoms with Gasteiger partial charge >= 0.3 is 0 Å². The van der Waals surface area contributed by atoms with E-state index in [1.165, 1.54) is 18.2 Å². The summed E-state index contributed by atoms with van der Waals surface area (Å²) in [6.07, 6.45) is 3.78. The molecule has 174 valence electrons. The van der Waals surface area contributed by atoms with E-state index in [0.717, 1.165) is 22.2 Å². The molecule has 3 aliphatic heterocycles. The van der Waals surface area contributed by atoms with Crippen molar-refractivity contribution in [2.45, 2.75) is 12.1 Å². The summed E-state index contributed by atoms with van der Waals surface area (Å²) in [7, 11) is 0. The molecule has 35 heavy (non-hydrogen) atoms. The number of fused-ring (bicyclic) bond motifs is 5. The van der Waals surface area contributed by atoms with E-state index in [9.17, 15) is 18.8 Å². The van der Waals surface area contributed by atoms with Crippen molar-refractivity contribution in [3.63, 3.8) is 0 Å². The van der Waals surface area contributed by atoms with Crippen LogP contribution in [0.25, 0.3) is 6.08 Å². The Morgan fingerprint density at radius 1 is 0.914 bits per heavy atom. The Hall–Kier alpha value is -3.97. The Balaban J connectivity index is 1.44. The number of rotatable bonds is 3. The van der Waals surface area contributed by atoms with Gasteiger partial charge < -0.3 is 10.2 Å². The van der Waals surface area contributed by atoms with Gasteiger partial charge in [0.2, 0.25) is 17.7 Å². The van der Waals surface area contributed by atoms with Gasteiger partial charge in [0.1, 0.15) is 11.9 Å². The summed E-state index contributed by atoms with van der Waals surface area (Å²) in [5.74, 6) is -3.62. The number of hydrogen-bond acceptors (Lipinski definition) is 4. The summed E-state index contributed by atoms with van der Waals surface area (Å²) in [6.45, 7) is 0. The van der Waals surface area contributed by atoms with Crippen LogP contribution in [0.5, 0.6) is 0 Å². The first-order valence-corrected chi connectivity index (χ1v) is 11.6. The second-order valence-corrected chi connectivity index (χ2v) is 9.24. The van der Waals surface area contributed by atoms with E-state index < -0.39 is 47.5 Å². The Morgan fingerprint density at radius 3 is 2.43 bits per heavy atom. The van der Waals surface area contributed by atoms with Crippen molar-refractivity contribution in [2.24, 2.45) is 11.8 Å². The zero-order valence-electron chi connectivity index (χ0n) is 18.3. The number of imide groups is 1. The van der Waals surface area contributed by atoms with Gasteiger partial charge in [-0.25, -0.2) is 9.29 Å². The number of para-hydroxylation sites is 1. The van der Waals surface area contributed by atoms with E-state index in [1.54, 1.807) is 24.3 Å². The van der Waals surface area contributed by atoms with Gasteiger partial charge in [0.25, 0.3) is 0 Å². The molecule has 6 rings (SSSR count). The van der Waals surface area contributed by atoms with Crippen molar-refractivity contribution >= 4 is 52.5 Å². The third-order valence-electron chi connectivity index (χ3n) is 6.86. The smallest absolute Gasteiger partial charge is 0.247 e. The van der Waals surface area contributed by atoms with Gasteiger partial charge in [0.05, 0.1) is 23.6 Å². The van der Waals surface area contributed by atoms with Crippen LogP contribution in [-0.2, 0) is 14.4 Å². The minimum atomic E-state index is -0.943. The molecule has 0 unspecified atom stereocenters. The Morgan fingerprint density at radius 2 is 1.66 bits per heavy atom. The highest BCUT2D eigenvalue weighted by Crippen LogP contribution is 2.49. The molecule has 3 aromatic carbocycles. The molecule has 3 heterocycles. The maximum absolute atomic E-state index is 13.9. The van der Waals surface area contributed by atoms with Crippen LogP contribution in [0.1, 0.15) is 5.56 Å².